The number of nitrogens with one attached hydrogen (secondary N) is 1. The molecule has 2 rings (SSSR count). The summed E-state index contributed by atoms with van der Waals surface area (Å²) in [7, 11) is 0. The van der Waals surface area contributed by atoms with Crippen molar-refractivity contribution >= 4 is 17.3 Å². The predicted molar refractivity (Wildman–Crippen MR) is 50.9 cm³/mol. The Balaban J connectivity index is 2.33. The zero-order valence-corrected chi connectivity index (χ0v) is 7.30. The molecule has 1 aliphatic rings. The van der Waals surface area contributed by atoms with Crippen LogP contribution in [0.3, 0.4) is 0 Å². The van der Waals surface area contributed by atoms with Crippen LogP contribution in [-0.4, -0.2) is 18.9 Å². The Hall–Kier alpha value is -0.860. The highest BCUT2D eigenvalue weighted by atomic mass is 35.5. The van der Waals surface area contributed by atoms with Crippen LogP contribution in [0.15, 0.2) is 29.3 Å². The molecular formula is C9H9ClN2. The van der Waals surface area contributed by atoms with Crippen molar-refractivity contribution in [3.05, 3.63) is 34.9 Å². The minimum absolute atomic E-state index is 0.724. The van der Waals surface area contributed by atoms with Gasteiger partial charge in [0.25, 0.3) is 0 Å². The van der Waals surface area contributed by atoms with E-state index in [0.29, 0.717) is 0 Å². The summed E-state index contributed by atoms with van der Waals surface area (Å²) in [5.74, 6) is 0. The monoisotopic (exact) mass is 180 g/mol. The van der Waals surface area contributed by atoms with Gasteiger partial charge in [-0.15, -0.1) is 0 Å². The molecule has 0 spiro atoms. The van der Waals surface area contributed by atoms with Gasteiger partial charge in [-0.3, -0.25) is 10.3 Å². The first kappa shape index (κ1) is 7.77. The Kier molecular flexibility index (Phi) is 2.11. The van der Waals surface area contributed by atoms with E-state index in [-0.39, 0.29) is 0 Å². The lowest BCUT2D eigenvalue weighted by atomic mass is 10.1. The molecule has 2 nitrogen and oxygen atoms in total. The summed E-state index contributed by atoms with van der Waals surface area (Å²) in [6.45, 7) is 1.57. The van der Waals surface area contributed by atoms with Crippen LogP contribution in [0.2, 0.25) is 5.02 Å². The molecule has 1 aliphatic heterocycles. The first-order valence-corrected chi connectivity index (χ1v) is 4.24. The number of nitrogens with zero attached hydrogens (tertiary/aromatic N) is 1. The Morgan fingerprint density at radius 2 is 2.33 bits per heavy atom. The second-order valence-electron chi connectivity index (χ2n) is 2.70. The maximum absolute atomic E-state index is 5.85. The summed E-state index contributed by atoms with van der Waals surface area (Å²) in [6, 6.07) is 7.78. The molecular weight excluding hydrogens is 172 g/mol. The standard InChI is InChI=1S/C9H9ClN2/c10-8-3-1-2-7(4-8)9-5-11-6-12-9/h1-4,11H,5-6H2. The van der Waals surface area contributed by atoms with Crippen LogP contribution < -0.4 is 5.32 Å². The molecule has 0 atom stereocenters. The molecule has 3 heteroatoms. The molecule has 1 aromatic rings. The zero-order chi connectivity index (χ0) is 8.39. The lowest BCUT2D eigenvalue weighted by molar-refractivity contribution is 0.850. The van der Waals surface area contributed by atoms with Gasteiger partial charge in [0.15, 0.2) is 0 Å². The van der Waals surface area contributed by atoms with Crippen molar-refractivity contribution in [3.63, 3.8) is 0 Å². The van der Waals surface area contributed by atoms with E-state index >= 15 is 0 Å². The molecule has 0 radical (unpaired) electrons. The predicted octanol–water partition coefficient (Wildman–Crippen LogP) is 1.69. The fraction of sp³-hybridized carbons (Fsp3) is 0.222. The van der Waals surface area contributed by atoms with Crippen LogP contribution >= 0.6 is 11.6 Å². The molecule has 0 aromatic heterocycles. The SMILES string of the molecule is Clc1cccc(C2=NCNC2)c1. The Morgan fingerprint density at radius 1 is 1.42 bits per heavy atom. The summed E-state index contributed by atoms with van der Waals surface area (Å²) < 4.78 is 0. The van der Waals surface area contributed by atoms with Crippen LogP contribution in [0, 0.1) is 0 Å². The number of rotatable bonds is 1. The van der Waals surface area contributed by atoms with Crippen LogP contribution in [0.1, 0.15) is 5.56 Å². The molecule has 12 heavy (non-hydrogen) atoms. The van der Waals surface area contributed by atoms with Gasteiger partial charge in [-0.1, -0.05) is 23.7 Å². The summed E-state index contributed by atoms with van der Waals surface area (Å²) >= 11 is 5.85. The third-order valence-electron chi connectivity index (χ3n) is 1.83. The van der Waals surface area contributed by atoms with Crippen molar-refractivity contribution in [1.29, 1.82) is 0 Å². The van der Waals surface area contributed by atoms with Crippen molar-refractivity contribution in [2.24, 2.45) is 4.99 Å². The maximum Gasteiger partial charge on any atom is 0.0891 e. The van der Waals surface area contributed by atoms with Gasteiger partial charge in [-0.25, -0.2) is 0 Å². The van der Waals surface area contributed by atoms with Crippen LogP contribution in [0.4, 0.5) is 0 Å². The lowest BCUT2D eigenvalue weighted by Gasteiger charge is -1.99. The second-order valence-corrected chi connectivity index (χ2v) is 3.14. The van der Waals surface area contributed by atoms with Gasteiger partial charge in [0.2, 0.25) is 0 Å². The van der Waals surface area contributed by atoms with Gasteiger partial charge in [0.1, 0.15) is 0 Å². The highest BCUT2D eigenvalue weighted by Gasteiger charge is 2.07. The average molecular weight is 181 g/mol. The minimum Gasteiger partial charge on any atom is -0.293 e. The number of hydrogen-bond acceptors (Lipinski definition) is 2. The van der Waals surface area contributed by atoms with E-state index in [0.717, 1.165) is 29.5 Å². The average Bonchev–Trinajstić information content (AvgIpc) is 2.56. The van der Waals surface area contributed by atoms with E-state index in [1.807, 2.05) is 24.3 Å². The first-order valence-electron chi connectivity index (χ1n) is 3.86. The molecule has 0 unspecified atom stereocenters. The fourth-order valence-electron chi connectivity index (χ4n) is 1.24. The van der Waals surface area contributed by atoms with E-state index in [1.165, 1.54) is 0 Å². The molecule has 0 aliphatic carbocycles. The van der Waals surface area contributed by atoms with E-state index in [1.54, 1.807) is 0 Å². The lowest BCUT2D eigenvalue weighted by Crippen LogP contribution is -2.13. The Labute approximate surface area is 76.3 Å². The smallest absolute Gasteiger partial charge is 0.0891 e. The zero-order valence-electron chi connectivity index (χ0n) is 6.55. The Bertz CT molecular complexity index is 320. The number of halogens is 1. The van der Waals surface area contributed by atoms with Crippen molar-refractivity contribution in [3.8, 4) is 0 Å². The van der Waals surface area contributed by atoms with E-state index in [9.17, 15) is 0 Å². The summed E-state index contributed by atoms with van der Waals surface area (Å²) in [6.07, 6.45) is 0. The van der Waals surface area contributed by atoms with Gasteiger partial charge in [-0.2, -0.15) is 0 Å². The minimum atomic E-state index is 0.724. The Morgan fingerprint density at radius 3 is 3.00 bits per heavy atom. The van der Waals surface area contributed by atoms with Gasteiger partial charge >= 0.3 is 0 Å². The molecule has 1 aromatic carbocycles. The van der Waals surface area contributed by atoms with Crippen molar-refractivity contribution < 1.29 is 0 Å². The van der Waals surface area contributed by atoms with Crippen molar-refractivity contribution in [2.75, 3.05) is 13.2 Å². The summed E-state index contributed by atoms with van der Waals surface area (Å²) in [5.41, 5.74) is 2.21. The number of aliphatic imine (C=N–C) groups is 1. The quantitative estimate of drug-likeness (QED) is 0.699. The van der Waals surface area contributed by atoms with Gasteiger partial charge in [-0.05, 0) is 17.7 Å². The van der Waals surface area contributed by atoms with Gasteiger partial charge in [0, 0.05) is 11.6 Å². The maximum atomic E-state index is 5.85. The molecule has 1 heterocycles. The molecule has 1 N–H and O–H groups in total. The molecule has 0 bridgehead atoms. The normalized spacial score (nSPS) is 16.2. The largest absolute Gasteiger partial charge is 0.293 e. The highest BCUT2D eigenvalue weighted by molar-refractivity contribution is 6.31. The number of hydrogen-bond donors (Lipinski definition) is 1. The molecule has 0 saturated heterocycles. The van der Waals surface area contributed by atoms with Crippen molar-refractivity contribution in [2.45, 2.75) is 0 Å². The molecule has 0 amide bonds. The van der Waals surface area contributed by atoms with E-state index in [4.69, 9.17) is 11.6 Å². The van der Waals surface area contributed by atoms with Crippen molar-refractivity contribution in [1.82, 2.24) is 5.32 Å². The first-order chi connectivity index (χ1) is 5.86. The molecule has 0 saturated carbocycles. The summed E-state index contributed by atoms with van der Waals surface area (Å²) in [4.78, 5) is 4.29. The second kappa shape index (κ2) is 3.25. The highest BCUT2D eigenvalue weighted by Crippen LogP contribution is 2.12. The van der Waals surface area contributed by atoms with E-state index < -0.39 is 0 Å². The number of benzene rings is 1. The topological polar surface area (TPSA) is 24.4 Å². The van der Waals surface area contributed by atoms with E-state index in [2.05, 4.69) is 10.3 Å². The van der Waals surface area contributed by atoms with Gasteiger partial charge in [0.05, 0.1) is 12.4 Å². The third-order valence-corrected chi connectivity index (χ3v) is 2.07. The van der Waals surface area contributed by atoms with Crippen LogP contribution in [0.25, 0.3) is 0 Å². The molecule has 62 valence electrons. The van der Waals surface area contributed by atoms with Gasteiger partial charge < -0.3 is 0 Å². The third kappa shape index (κ3) is 1.49. The van der Waals surface area contributed by atoms with Crippen LogP contribution in [-0.2, 0) is 0 Å². The summed E-state index contributed by atoms with van der Waals surface area (Å²) in [5, 5.41) is 3.91. The molecule has 0 fully saturated rings. The van der Waals surface area contributed by atoms with Crippen LogP contribution in [0.5, 0.6) is 0 Å². The fourth-order valence-corrected chi connectivity index (χ4v) is 1.43.